The molecule has 0 fully saturated rings. The Kier molecular flexibility index (Phi) is 6.09. The molecule has 0 aliphatic carbocycles. The second kappa shape index (κ2) is 6.52. The molecule has 1 aromatic rings. The lowest BCUT2D eigenvalue weighted by Gasteiger charge is -1.92. The van der Waals surface area contributed by atoms with Crippen LogP contribution in [0.2, 0.25) is 0 Å². The van der Waals surface area contributed by atoms with Crippen LogP contribution in [0.25, 0.3) is 0 Å². The average molecular weight is 265 g/mol. The molecule has 6 N–H and O–H groups in total. The first-order chi connectivity index (χ1) is 6.52. The smallest absolute Gasteiger partial charge is 0.325 e. The van der Waals surface area contributed by atoms with Crippen LogP contribution in [-0.4, -0.2) is 23.1 Å². The summed E-state index contributed by atoms with van der Waals surface area (Å²) >= 11 is 3.00. The van der Waals surface area contributed by atoms with E-state index in [1.807, 2.05) is 0 Å². The SMILES string of the molecule is Cc1[nH]c(=O)[nH]c(=O)c1Br.NCCN. The van der Waals surface area contributed by atoms with Gasteiger partial charge in [-0.3, -0.25) is 9.78 Å². The number of rotatable bonds is 1. The third kappa shape index (κ3) is 4.35. The van der Waals surface area contributed by atoms with Gasteiger partial charge < -0.3 is 16.5 Å². The number of hydrogen-bond acceptors (Lipinski definition) is 4. The second-order valence-corrected chi connectivity index (χ2v) is 3.22. The molecule has 0 aliphatic rings. The molecule has 0 atom stereocenters. The summed E-state index contributed by atoms with van der Waals surface area (Å²) in [6, 6.07) is 0. The molecule has 0 aliphatic heterocycles. The van der Waals surface area contributed by atoms with Crippen molar-refractivity contribution in [3.63, 3.8) is 0 Å². The minimum absolute atomic E-state index is 0.368. The van der Waals surface area contributed by atoms with E-state index in [9.17, 15) is 9.59 Å². The Morgan fingerprint density at radius 3 is 2.07 bits per heavy atom. The highest BCUT2D eigenvalue weighted by Gasteiger charge is 1.98. The zero-order valence-electron chi connectivity index (χ0n) is 7.76. The Hall–Kier alpha value is -0.920. The summed E-state index contributed by atoms with van der Waals surface area (Å²) in [7, 11) is 0. The van der Waals surface area contributed by atoms with Crippen molar-refractivity contribution in [2.75, 3.05) is 13.1 Å². The van der Waals surface area contributed by atoms with Gasteiger partial charge in [0.15, 0.2) is 0 Å². The van der Waals surface area contributed by atoms with Gasteiger partial charge in [-0.25, -0.2) is 4.79 Å². The Bertz CT molecular complexity index is 382. The van der Waals surface area contributed by atoms with Crippen LogP contribution < -0.4 is 22.7 Å². The topological polar surface area (TPSA) is 118 Å². The molecule has 0 bridgehead atoms. The first kappa shape index (κ1) is 13.1. The zero-order chi connectivity index (χ0) is 11.1. The number of aromatic nitrogens is 2. The van der Waals surface area contributed by atoms with Crippen LogP contribution in [0.4, 0.5) is 0 Å². The summed E-state index contributed by atoms with van der Waals surface area (Å²) in [6.45, 7) is 2.83. The van der Waals surface area contributed by atoms with Gasteiger partial charge in [0.05, 0.1) is 0 Å². The number of hydrogen-bond donors (Lipinski definition) is 4. The van der Waals surface area contributed by atoms with Gasteiger partial charge >= 0.3 is 5.69 Å². The van der Waals surface area contributed by atoms with Crippen LogP contribution >= 0.6 is 15.9 Å². The van der Waals surface area contributed by atoms with E-state index in [4.69, 9.17) is 11.5 Å². The first-order valence-corrected chi connectivity index (χ1v) is 4.71. The van der Waals surface area contributed by atoms with Gasteiger partial charge in [-0.15, -0.1) is 0 Å². The van der Waals surface area contributed by atoms with Crippen LogP contribution in [0, 0.1) is 6.92 Å². The van der Waals surface area contributed by atoms with Gasteiger partial charge in [-0.05, 0) is 22.9 Å². The van der Waals surface area contributed by atoms with Crippen molar-refractivity contribution in [2.24, 2.45) is 11.5 Å². The van der Waals surface area contributed by atoms with Crippen molar-refractivity contribution in [3.05, 3.63) is 31.0 Å². The normalized spacial score (nSPS) is 9.14. The maximum atomic E-state index is 10.7. The van der Waals surface area contributed by atoms with Crippen LogP contribution in [0.5, 0.6) is 0 Å². The van der Waals surface area contributed by atoms with E-state index in [0.717, 1.165) is 0 Å². The molecule has 0 saturated heterocycles. The van der Waals surface area contributed by atoms with Crippen molar-refractivity contribution >= 4 is 15.9 Å². The largest absolute Gasteiger partial charge is 0.329 e. The molecule has 1 rings (SSSR count). The Morgan fingerprint density at radius 2 is 1.71 bits per heavy atom. The molecule has 7 heteroatoms. The van der Waals surface area contributed by atoms with E-state index < -0.39 is 11.2 Å². The third-order valence-corrected chi connectivity index (χ3v) is 2.18. The first-order valence-electron chi connectivity index (χ1n) is 3.91. The Balaban J connectivity index is 0.000000364. The maximum Gasteiger partial charge on any atom is 0.325 e. The molecule has 0 unspecified atom stereocenters. The van der Waals surface area contributed by atoms with Gasteiger partial charge in [0.1, 0.15) is 4.47 Å². The number of halogens is 1. The summed E-state index contributed by atoms with van der Waals surface area (Å²) in [5, 5.41) is 0. The summed E-state index contributed by atoms with van der Waals surface area (Å²) in [4.78, 5) is 25.8. The van der Waals surface area contributed by atoms with Gasteiger partial charge in [-0.1, -0.05) is 0 Å². The van der Waals surface area contributed by atoms with Crippen LogP contribution in [0.1, 0.15) is 5.69 Å². The molecular weight excluding hydrogens is 252 g/mol. The van der Waals surface area contributed by atoms with Crippen LogP contribution in [0.15, 0.2) is 14.1 Å². The fraction of sp³-hybridized carbons (Fsp3) is 0.429. The Morgan fingerprint density at radius 1 is 1.21 bits per heavy atom. The Labute approximate surface area is 88.8 Å². The van der Waals surface area contributed by atoms with E-state index in [-0.39, 0.29) is 0 Å². The summed E-state index contributed by atoms with van der Waals surface area (Å²) in [5.41, 5.74) is 9.46. The average Bonchev–Trinajstić information content (AvgIpc) is 2.14. The van der Waals surface area contributed by atoms with E-state index in [2.05, 4.69) is 25.9 Å². The summed E-state index contributed by atoms with van der Waals surface area (Å²) in [5.74, 6) is 0. The predicted octanol–water partition coefficient (Wildman–Crippen LogP) is -0.962. The minimum Gasteiger partial charge on any atom is -0.329 e. The van der Waals surface area contributed by atoms with E-state index in [1.165, 1.54) is 0 Å². The summed E-state index contributed by atoms with van der Waals surface area (Å²) in [6.07, 6.45) is 0. The third-order valence-electron chi connectivity index (χ3n) is 1.22. The predicted molar refractivity (Wildman–Crippen MR) is 58.2 cm³/mol. The van der Waals surface area contributed by atoms with Gasteiger partial charge in [0.25, 0.3) is 5.56 Å². The zero-order valence-corrected chi connectivity index (χ0v) is 9.35. The fourth-order valence-corrected chi connectivity index (χ4v) is 0.783. The number of aryl methyl sites for hydroxylation is 1. The number of H-pyrrole nitrogens is 2. The molecule has 0 saturated carbocycles. The van der Waals surface area contributed by atoms with Crippen molar-refractivity contribution in [1.29, 1.82) is 0 Å². The van der Waals surface area contributed by atoms with E-state index >= 15 is 0 Å². The molecule has 14 heavy (non-hydrogen) atoms. The monoisotopic (exact) mass is 264 g/mol. The molecule has 0 amide bonds. The molecule has 6 nitrogen and oxygen atoms in total. The lowest BCUT2D eigenvalue weighted by Crippen LogP contribution is -2.23. The lowest BCUT2D eigenvalue weighted by molar-refractivity contribution is 0.976. The molecule has 0 spiro atoms. The van der Waals surface area contributed by atoms with Gasteiger partial charge in [0.2, 0.25) is 0 Å². The van der Waals surface area contributed by atoms with Crippen molar-refractivity contribution in [1.82, 2.24) is 9.97 Å². The number of nitrogens with one attached hydrogen (secondary N) is 2. The number of nitrogens with two attached hydrogens (primary N) is 2. The standard InChI is InChI=1S/C5H5BrN2O2.C2H8N2/c1-2-3(6)4(9)8-5(10)7-2;3-1-2-4/h1H3,(H2,7,8,9,10);1-4H2. The molecule has 1 aromatic heterocycles. The van der Waals surface area contributed by atoms with Crippen molar-refractivity contribution < 1.29 is 0 Å². The fourth-order valence-electron chi connectivity index (χ4n) is 0.585. The number of aromatic amines is 2. The highest BCUT2D eigenvalue weighted by Crippen LogP contribution is 2.02. The van der Waals surface area contributed by atoms with Crippen LogP contribution in [-0.2, 0) is 0 Å². The quantitative estimate of drug-likeness (QED) is 0.523. The highest BCUT2D eigenvalue weighted by atomic mass is 79.9. The summed E-state index contributed by atoms with van der Waals surface area (Å²) < 4.78 is 0.368. The van der Waals surface area contributed by atoms with Gasteiger partial charge in [-0.2, -0.15) is 0 Å². The van der Waals surface area contributed by atoms with E-state index in [0.29, 0.717) is 23.3 Å². The molecule has 1 heterocycles. The minimum atomic E-state index is -0.481. The maximum absolute atomic E-state index is 10.7. The molecule has 0 radical (unpaired) electrons. The van der Waals surface area contributed by atoms with Crippen LogP contribution in [0.3, 0.4) is 0 Å². The van der Waals surface area contributed by atoms with E-state index in [1.54, 1.807) is 6.92 Å². The van der Waals surface area contributed by atoms with Crippen molar-refractivity contribution in [3.8, 4) is 0 Å². The highest BCUT2D eigenvalue weighted by molar-refractivity contribution is 9.10. The molecular formula is C7H13BrN4O2. The van der Waals surface area contributed by atoms with Gasteiger partial charge in [0, 0.05) is 18.8 Å². The van der Waals surface area contributed by atoms with Crippen molar-refractivity contribution in [2.45, 2.75) is 6.92 Å². The molecule has 80 valence electrons. The second-order valence-electron chi connectivity index (χ2n) is 2.42. The lowest BCUT2D eigenvalue weighted by atomic mass is 10.5. The molecule has 0 aromatic carbocycles.